The smallest absolute Gasteiger partial charge is 0.388 e. The molecule has 1 atom stereocenters. The zero-order chi connectivity index (χ0) is 22.8. The molecule has 0 aliphatic carbocycles. The van der Waals surface area contributed by atoms with E-state index in [1.54, 1.807) is 0 Å². The van der Waals surface area contributed by atoms with Gasteiger partial charge in [-0.3, -0.25) is 14.6 Å². The van der Waals surface area contributed by atoms with Crippen molar-refractivity contribution in [2.24, 2.45) is 0 Å². The second-order valence-corrected chi connectivity index (χ2v) is 6.58. The molecule has 0 radical (unpaired) electrons. The van der Waals surface area contributed by atoms with Crippen molar-refractivity contribution in [3.63, 3.8) is 0 Å². The van der Waals surface area contributed by atoms with Crippen molar-refractivity contribution in [1.82, 2.24) is 20.1 Å². The summed E-state index contributed by atoms with van der Waals surface area (Å²) in [6.07, 6.45) is -2.41. The second-order valence-electron chi connectivity index (χ2n) is 6.58. The number of halogens is 4. The zero-order valence-corrected chi connectivity index (χ0v) is 16.4. The first-order chi connectivity index (χ1) is 14.6. The predicted molar refractivity (Wildman–Crippen MR) is 104 cm³/mol. The van der Waals surface area contributed by atoms with Crippen molar-refractivity contribution in [1.29, 1.82) is 0 Å². The molecule has 0 saturated carbocycles. The van der Waals surface area contributed by atoms with E-state index in [2.05, 4.69) is 20.7 Å². The standard InChI is InChI=1S/C20H17F4N5O2/c1-11(12-7-13(20(22,23)24)9-14(8-12)25-2)27-19(31)16-3-4-18(30)29(28-16)17-5-6-26-10-15(17)21/h3-11,25H,1-2H3,(H,27,31)/t11-/m1/s1. The molecule has 11 heteroatoms. The number of nitrogens with one attached hydrogen (secondary N) is 2. The lowest BCUT2D eigenvalue weighted by Crippen LogP contribution is -2.31. The maximum Gasteiger partial charge on any atom is 0.416 e. The number of pyridine rings is 1. The Labute approximate surface area is 173 Å². The largest absolute Gasteiger partial charge is 0.416 e. The Bertz CT molecular complexity index is 1180. The first kappa shape index (κ1) is 21.9. The van der Waals surface area contributed by atoms with Gasteiger partial charge in [-0.05, 0) is 42.8 Å². The van der Waals surface area contributed by atoms with Gasteiger partial charge in [-0.15, -0.1) is 0 Å². The van der Waals surface area contributed by atoms with Gasteiger partial charge in [0.1, 0.15) is 11.4 Å². The molecule has 0 fully saturated rings. The maximum atomic E-state index is 14.0. The van der Waals surface area contributed by atoms with E-state index in [1.807, 2.05) is 0 Å². The fourth-order valence-corrected chi connectivity index (χ4v) is 2.81. The van der Waals surface area contributed by atoms with Gasteiger partial charge in [0.25, 0.3) is 11.5 Å². The van der Waals surface area contributed by atoms with E-state index in [0.29, 0.717) is 4.68 Å². The third-order valence-corrected chi connectivity index (χ3v) is 4.43. The number of benzene rings is 1. The van der Waals surface area contributed by atoms with Crippen molar-refractivity contribution in [3.05, 3.63) is 81.8 Å². The number of anilines is 1. The maximum absolute atomic E-state index is 14.0. The van der Waals surface area contributed by atoms with E-state index in [0.717, 1.165) is 30.5 Å². The summed E-state index contributed by atoms with van der Waals surface area (Å²) < 4.78 is 54.1. The van der Waals surface area contributed by atoms with Gasteiger partial charge in [-0.1, -0.05) is 0 Å². The minimum Gasteiger partial charge on any atom is -0.388 e. The van der Waals surface area contributed by atoms with Crippen LogP contribution in [0.2, 0.25) is 0 Å². The quantitative estimate of drug-likeness (QED) is 0.601. The van der Waals surface area contributed by atoms with E-state index in [9.17, 15) is 27.2 Å². The molecule has 1 aromatic carbocycles. The highest BCUT2D eigenvalue weighted by atomic mass is 19.4. The minimum atomic E-state index is -4.56. The fraction of sp³-hybridized carbons (Fsp3) is 0.200. The molecule has 0 saturated heterocycles. The third-order valence-electron chi connectivity index (χ3n) is 4.43. The Morgan fingerprint density at radius 3 is 2.55 bits per heavy atom. The first-order valence-corrected chi connectivity index (χ1v) is 9.01. The van der Waals surface area contributed by atoms with Crippen LogP contribution in [0.25, 0.3) is 5.69 Å². The molecule has 2 aromatic heterocycles. The average molecular weight is 435 g/mol. The minimum absolute atomic E-state index is 0.195. The molecule has 162 valence electrons. The molecule has 3 aromatic rings. The highest BCUT2D eigenvalue weighted by molar-refractivity contribution is 5.92. The van der Waals surface area contributed by atoms with Crippen LogP contribution in [0, 0.1) is 5.82 Å². The van der Waals surface area contributed by atoms with E-state index in [4.69, 9.17) is 0 Å². The Kier molecular flexibility index (Phi) is 6.04. The summed E-state index contributed by atoms with van der Waals surface area (Å²) in [5, 5.41) is 9.06. The summed E-state index contributed by atoms with van der Waals surface area (Å²) in [7, 11) is 1.48. The Morgan fingerprint density at radius 2 is 1.90 bits per heavy atom. The average Bonchev–Trinajstić information content (AvgIpc) is 2.73. The molecule has 2 N–H and O–H groups in total. The van der Waals surface area contributed by atoms with Gasteiger partial charge < -0.3 is 10.6 Å². The van der Waals surface area contributed by atoms with E-state index in [1.165, 1.54) is 32.3 Å². The summed E-state index contributed by atoms with van der Waals surface area (Å²) in [5.41, 5.74) is -1.52. The summed E-state index contributed by atoms with van der Waals surface area (Å²) in [6, 6.07) is 5.95. The van der Waals surface area contributed by atoms with Crippen molar-refractivity contribution in [2.75, 3.05) is 12.4 Å². The molecule has 31 heavy (non-hydrogen) atoms. The zero-order valence-electron chi connectivity index (χ0n) is 16.4. The number of aromatic nitrogens is 3. The molecule has 1 amide bonds. The Morgan fingerprint density at radius 1 is 1.16 bits per heavy atom. The summed E-state index contributed by atoms with van der Waals surface area (Å²) in [5.74, 6) is -1.56. The van der Waals surface area contributed by atoms with Gasteiger partial charge in [0.15, 0.2) is 5.82 Å². The number of amides is 1. The van der Waals surface area contributed by atoms with E-state index < -0.39 is 35.1 Å². The number of carbonyl (C=O) groups excluding carboxylic acids is 1. The van der Waals surface area contributed by atoms with Crippen LogP contribution in [0.3, 0.4) is 0 Å². The topological polar surface area (TPSA) is 88.9 Å². The molecule has 7 nitrogen and oxygen atoms in total. The van der Waals surface area contributed by atoms with Crippen LogP contribution in [0.15, 0.2) is 53.6 Å². The molecule has 0 aliphatic heterocycles. The molecule has 0 unspecified atom stereocenters. The van der Waals surface area contributed by atoms with Gasteiger partial charge in [-0.2, -0.15) is 23.0 Å². The number of rotatable bonds is 5. The molecular formula is C20H17F4N5O2. The van der Waals surface area contributed by atoms with Crippen LogP contribution >= 0.6 is 0 Å². The Hall–Kier alpha value is -3.76. The van der Waals surface area contributed by atoms with Crippen LogP contribution in [-0.4, -0.2) is 27.7 Å². The van der Waals surface area contributed by atoms with Crippen molar-refractivity contribution in [2.45, 2.75) is 19.1 Å². The lowest BCUT2D eigenvalue weighted by molar-refractivity contribution is -0.137. The van der Waals surface area contributed by atoms with Crippen molar-refractivity contribution >= 4 is 11.6 Å². The number of hydrogen-bond acceptors (Lipinski definition) is 5. The molecule has 2 heterocycles. The highest BCUT2D eigenvalue weighted by Crippen LogP contribution is 2.33. The SMILES string of the molecule is CNc1cc([C@@H](C)NC(=O)c2ccc(=O)n(-c3ccncc3F)n2)cc(C(F)(F)F)c1. The molecule has 0 spiro atoms. The molecule has 3 rings (SSSR count). The number of alkyl halides is 3. The number of nitrogens with zero attached hydrogens (tertiary/aromatic N) is 3. The third kappa shape index (κ3) is 4.87. The first-order valence-electron chi connectivity index (χ1n) is 9.01. The van der Waals surface area contributed by atoms with Gasteiger partial charge in [0.2, 0.25) is 0 Å². The van der Waals surface area contributed by atoms with Gasteiger partial charge in [0.05, 0.1) is 17.8 Å². The van der Waals surface area contributed by atoms with Crippen LogP contribution in [0.4, 0.5) is 23.2 Å². The summed E-state index contributed by atoms with van der Waals surface area (Å²) >= 11 is 0. The predicted octanol–water partition coefficient (Wildman–Crippen LogP) is 3.32. The van der Waals surface area contributed by atoms with Crippen molar-refractivity contribution in [3.8, 4) is 5.69 Å². The van der Waals surface area contributed by atoms with Crippen LogP contribution in [0.1, 0.15) is 34.6 Å². The molecule has 0 aliphatic rings. The van der Waals surface area contributed by atoms with Crippen molar-refractivity contribution < 1.29 is 22.4 Å². The van der Waals surface area contributed by atoms with Crippen LogP contribution in [-0.2, 0) is 6.18 Å². The van der Waals surface area contributed by atoms with Crippen LogP contribution in [0.5, 0.6) is 0 Å². The van der Waals surface area contributed by atoms with Gasteiger partial charge in [0, 0.05) is 25.0 Å². The van der Waals surface area contributed by atoms with Crippen LogP contribution < -0.4 is 16.2 Å². The number of hydrogen-bond donors (Lipinski definition) is 2. The van der Waals surface area contributed by atoms with E-state index in [-0.39, 0.29) is 22.6 Å². The number of carbonyl (C=O) groups is 1. The lowest BCUT2D eigenvalue weighted by Gasteiger charge is -2.18. The fourth-order valence-electron chi connectivity index (χ4n) is 2.81. The highest BCUT2D eigenvalue weighted by Gasteiger charge is 2.31. The Balaban J connectivity index is 1.90. The van der Waals surface area contributed by atoms with Gasteiger partial charge in [-0.25, -0.2) is 4.39 Å². The monoisotopic (exact) mass is 435 g/mol. The molecular weight excluding hydrogens is 418 g/mol. The molecule has 0 bridgehead atoms. The van der Waals surface area contributed by atoms with E-state index >= 15 is 0 Å². The summed E-state index contributed by atoms with van der Waals surface area (Å²) in [6.45, 7) is 1.51. The summed E-state index contributed by atoms with van der Waals surface area (Å²) in [4.78, 5) is 28.3. The lowest BCUT2D eigenvalue weighted by atomic mass is 10.0. The second kappa shape index (κ2) is 8.54. The normalized spacial score (nSPS) is 12.3. The van der Waals surface area contributed by atoms with Gasteiger partial charge >= 0.3 is 6.18 Å².